The molecule has 1 aliphatic rings. The number of piperidine rings is 1. The van der Waals surface area contributed by atoms with Crippen molar-refractivity contribution >= 4 is 28.9 Å². The van der Waals surface area contributed by atoms with Gasteiger partial charge in [0.25, 0.3) is 5.69 Å². The van der Waals surface area contributed by atoms with Crippen molar-refractivity contribution in [1.29, 1.82) is 0 Å². The molecule has 120 valence electrons. The van der Waals surface area contributed by atoms with Gasteiger partial charge in [-0.3, -0.25) is 10.1 Å². The number of rotatable bonds is 4. The Morgan fingerprint density at radius 3 is 2.87 bits per heavy atom. The van der Waals surface area contributed by atoms with E-state index in [0.29, 0.717) is 23.2 Å². The van der Waals surface area contributed by atoms with Crippen LogP contribution in [0.25, 0.3) is 0 Å². The number of benzene rings is 1. The molecule has 0 amide bonds. The molecule has 1 aromatic heterocycles. The molecule has 0 radical (unpaired) electrons. The molecule has 1 fully saturated rings. The molecule has 0 saturated carbocycles. The van der Waals surface area contributed by atoms with Crippen LogP contribution >= 0.6 is 11.6 Å². The molecule has 0 spiro atoms. The summed E-state index contributed by atoms with van der Waals surface area (Å²) in [5.74, 6) is 0.685. The van der Waals surface area contributed by atoms with Gasteiger partial charge in [0.1, 0.15) is 5.69 Å². The maximum absolute atomic E-state index is 11.2. The van der Waals surface area contributed by atoms with Gasteiger partial charge in [-0.2, -0.15) is 0 Å². The van der Waals surface area contributed by atoms with Crippen LogP contribution in [0.5, 0.6) is 0 Å². The predicted octanol–water partition coefficient (Wildman–Crippen LogP) is 3.12. The average Bonchev–Trinajstić information content (AvgIpc) is 2.57. The summed E-state index contributed by atoms with van der Waals surface area (Å²) in [7, 11) is 0. The molecular weight excluding hydrogens is 318 g/mol. The van der Waals surface area contributed by atoms with E-state index in [-0.39, 0.29) is 11.7 Å². The molecule has 2 heterocycles. The Labute approximate surface area is 138 Å². The smallest absolute Gasteiger partial charge is 0.293 e. The number of halogens is 1. The molecule has 1 saturated heterocycles. The largest absolute Gasteiger partial charge is 0.375 e. The maximum atomic E-state index is 11.2. The van der Waals surface area contributed by atoms with Gasteiger partial charge in [0.05, 0.1) is 4.92 Å². The van der Waals surface area contributed by atoms with Crippen LogP contribution in [-0.2, 0) is 0 Å². The summed E-state index contributed by atoms with van der Waals surface area (Å²) in [5.41, 5.74) is 0.478. The van der Waals surface area contributed by atoms with E-state index in [4.69, 9.17) is 11.6 Å². The van der Waals surface area contributed by atoms with E-state index < -0.39 is 4.92 Å². The Bertz CT molecular complexity index is 698. The van der Waals surface area contributed by atoms with Crippen molar-refractivity contribution in [3.8, 4) is 0 Å². The van der Waals surface area contributed by atoms with Crippen LogP contribution in [0.15, 0.2) is 36.7 Å². The molecular formula is C15H16ClN5O2. The molecule has 8 heteroatoms. The van der Waals surface area contributed by atoms with Crippen LogP contribution < -0.4 is 10.2 Å². The zero-order valence-electron chi connectivity index (χ0n) is 12.4. The Morgan fingerprint density at radius 2 is 2.13 bits per heavy atom. The number of aromatic nitrogens is 2. The van der Waals surface area contributed by atoms with Crippen LogP contribution in [0, 0.1) is 10.1 Å². The summed E-state index contributed by atoms with van der Waals surface area (Å²) in [6, 6.07) is 6.54. The molecule has 1 N–H and O–H groups in total. The number of nitro benzene ring substituents is 1. The lowest BCUT2D eigenvalue weighted by molar-refractivity contribution is -0.384. The summed E-state index contributed by atoms with van der Waals surface area (Å²) < 4.78 is 0. The number of nitrogens with zero attached hydrogens (tertiary/aromatic N) is 4. The molecule has 0 unspecified atom stereocenters. The standard InChI is InChI=1S/C15H16ClN5O2/c16-11-4-5-13(14(9-11)21(22)23)19-12-3-1-8-20(10-12)15-17-6-2-7-18-15/h2,4-7,9,12,19H,1,3,8,10H2/t12-/m1/s1. The lowest BCUT2D eigenvalue weighted by atomic mass is 10.1. The zero-order valence-corrected chi connectivity index (χ0v) is 13.1. The Morgan fingerprint density at radius 1 is 1.35 bits per heavy atom. The second kappa shape index (κ2) is 6.78. The number of nitrogens with one attached hydrogen (secondary N) is 1. The van der Waals surface area contributed by atoms with Crippen LogP contribution in [0.3, 0.4) is 0 Å². The van der Waals surface area contributed by atoms with Crippen LogP contribution in [0.1, 0.15) is 12.8 Å². The highest BCUT2D eigenvalue weighted by Gasteiger charge is 2.24. The van der Waals surface area contributed by atoms with Crippen molar-refractivity contribution in [2.75, 3.05) is 23.3 Å². The van der Waals surface area contributed by atoms with Crippen molar-refractivity contribution in [1.82, 2.24) is 9.97 Å². The molecule has 3 rings (SSSR count). The van der Waals surface area contributed by atoms with Crippen LogP contribution in [-0.4, -0.2) is 34.0 Å². The first-order valence-electron chi connectivity index (χ1n) is 7.36. The monoisotopic (exact) mass is 333 g/mol. The van der Waals surface area contributed by atoms with Gasteiger partial charge in [-0.1, -0.05) is 11.6 Å². The van der Waals surface area contributed by atoms with Gasteiger partial charge in [0, 0.05) is 42.6 Å². The third-order valence-electron chi connectivity index (χ3n) is 3.77. The molecule has 7 nitrogen and oxygen atoms in total. The summed E-state index contributed by atoms with van der Waals surface area (Å²) in [6.45, 7) is 1.58. The van der Waals surface area contributed by atoms with E-state index in [1.807, 2.05) is 0 Å². The molecule has 0 bridgehead atoms. The van der Waals surface area contributed by atoms with Gasteiger partial charge in [-0.25, -0.2) is 9.97 Å². The fourth-order valence-electron chi connectivity index (χ4n) is 2.73. The van der Waals surface area contributed by atoms with E-state index in [1.165, 1.54) is 6.07 Å². The highest BCUT2D eigenvalue weighted by Crippen LogP contribution is 2.29. The highest BCUT2D eigenvalue weighted by atomic mass is 35.5. The number of hydrogen-bond donors (Lipinski definition) is 1. The minimum Gasteiger partial charge on any atom is -0.375 e. The lowest BCUT2D eigenvalue weighted by Crippen LogP contribution is -2.43. The van der Waals surface area contributed by atoms with Crippen molar-refractivity contribution in [3.05, 3.63) is 51.8 Å². The Kier molecular flexibility index (Phi) is 4.57. The van der Waals surface area contributed by atoms with Crippen LogP contribution in [0.2, 0.25) is 5.02 Å². The van der Waals surface area contributed by atoms with E-state index >= 15 is 0 Å². The number of hydrogen-bond acceptors (Lipinski definition) is 6. The molecule has 2 aromatic rings. The van der Waals surface area contributed by atoms with E-state index in [9.17, 15) is 10.1 Å². The maximum Gasteiger partial charge on any atom is 0.293 e. The van der Waals surface area contributed by atoms with E-state index in [2.05, 4.69) is 20.2 Å². The highest BCUT2D eigenvalue weighted by molar-refractivity contribution is 6.30. The molecule has 1 aromatic carbocycles. The normalized spacial score (nSPS) is 17.8. The van der Waals surface area contributed by atoms with Crippen molar-refractivity contribution in [2.24, 2.45) is 0 Å². The minimum absolute atomic E-state index is 0.00872. The predicted molar refractivity (Wildman–Crippen MR) is 89.0 cm³/mol. The van der Waals surface area contributed by atoms with Crippen molar-refractivity contribution in [2.45, 2.75) is 18.9 Å². The van der Waals surface area contributed by atoms with Gasteiger partial charge in [0.2, 0.25) is 5.95 Å². The third kappa shape index (κ3) is 3.68. The van der Waals surface area contributed by atoms with Gasteiger partial charge in [0.15, 0.2) is 0 Å². The second-order valence-electron chi connectivity index (χ2n) is 5.40. The van der Waals surface area contributed by atoms with Gasteiger partial charge in [-0.05, 0) is 31.0 Å². The van der Waals surface area contributed by atoms with E-state index in [0.717, 1.165) is 19.4 Å². The third-order valence-corrected chi connectivity index (χ3v) is 4.01. The minimum atomic E-state index is -0.422. The van der Waals surface area contributed by atoms with Gasteiger partial charge < -0.3 is 10.2 Å². The summed E-state index contributed by atoms with van der Waals surface area (Å²) in [5, 5.41) is 14.8. The van der Waals surface area contributed by atoms with E-state index in [1.54, 1.807) is 30.6 Å². The number of nitro groups is 1. The molecule has 23 heavy (non-hydrogen) atoms. The Balaban J connectivity index is 1.74. The first-order chi connectivity index (χ1) is 11.1. The SMILES string of the molecule is O=[N+]([O-])c1cc(Cl)ccc1N[C@@H]1CCCN(c2ncccn2)C1. The summed E-state index contributed by atoms with van der Waals surface area (Å²) in [6.07, 6.45) is 5.33. The second-order valence-corrected chi connectivity index (χ2v) is 5.83. The fourth-order valence-corrected chi connectivity index (χ4v) is 2.90. The lowest BCUT2D eigenvalue weighted by Gasteiger charge is -2.33. The van der Waals surface area contributed by atoms with Gasteiger partial charge >= 0.3 is 0 Å². The van der Waals surface area contributed by atoms with Gasteiger partial charge in [-0.15, -0.1) is 0 Å². The number of anilines is 2. The molecule has 1 aliphatic heterocycles. The van der Waals surface area contributed by atoms with Crippen LogP contribution in [0.4, 0.5) is 17.3 Å². The average molecular weight is 334 g/mol. The van der Waals surface area contributed by atoms with Crippen molar-refractivity contribution < 1.29 is 4.92 Å². The molecule has 0 aliphatic carbocycles. The fraction of sp³-hybridized carbons (Fsp3) is 0.333. The molecule has 1 atom stereocenters. The first kappa shape index (κ1) is 15.5. The quantitative estimate of drug-likeness (QED) is 0.683. The zero-order chi connectivity index (χ0) is 16.2. The first-order valence-corrected chi connectivity index (χ1v) is 7.74. The topological polar surface area (TPSA) is 84.2 Å². The summed E-state index contributed by atoms with van der Waals surface area (Å²) in [4.78, 5) is 21.4. The van der Waals surface area contributed by atoms with Crippen molar-refractivity contribution in [3.63, 3.8) is 0 Å². The summed E-state index contributed by atoms with van der Waals surface area (Å²) >= 11 is 5.85. The Hall–Kier alpha value is -2.41.